The Bertz CT molecular complexity index is 883. The smallest absolute Gasteiger partial charge is 0.271 e. The summed E-state index contributed by atoms with van der Waals surface area (Å²) < 4.78 is 6.39. The molecule has 2 N–H and O–H groups in total. The molecule has 2 aliphatic heterocycles. The molecule has 1 saturated heterocycles. The summed E-state index contributed by atoms with van der Waals surface area (Å²) in [5, 5.41) is 9.78. The number of nitrogens with zero attached hydrogens (tertiary/aromatic N) is 2. The maximum atomic E-state index is 12.7. The van der Waals surface area contributed by atoms with E-state index in [1.165, 1.54) is 6.20 Å². The number of benzene rings is 1. The first-order chi connectivity index (χ1) is 13.0. The van der Waals surface area contributed by atoms with E-state index in [2.05, 4.69) is 15.5 Å². The second-order valence-corrected chi connectivity index (χ2v) is 7.62. The van der Waals surface area contributed by atoms with E-state index in [-0.39, 0.29) is 28.6 Å². The number of aromatic nitrogens is 2. The van der Waals surface area contributed by atoms with Crippen LogP contribution < -0.4 is 10.1 Å². The van der Waals surface area contributed by atoms with Gasteiger partial charge in [-0.05, 0) is 12.5 Å². The van der Waals surface area contributed by atoms with Crippen LogP contribution in [0, 0.1) is 0 Å². The molecule has 2 aromatic rings. The average molecular weight is 389 g/mol. The van der Waals surface area contributed by atoms with Crippen molar-refractivity contribution in [3.63, 3.8) is 0 Å². The van der Waals surface area contributed by atoms with E-state index in [0.717, 1.165) is 17.7 Å². The standard InChI is InChI=1S/C19H21ClN4O3/c1-24-9-8-19(7-6-16(24)25)10-14(12-4-2-3-5-15(12)27-19)22-18(26)17-13(20)11-21-23-17/h2-5,11,14H,6-10H2,1H3,(H,21,23)(H,22,26). The zero-order valence-corrected chi connectivity index (χ0v) is 15.8. The highest BCUT2D eigenvalue weighted by molar-refractivity contribution is 6.33. The first-order valence-electron chi connectivity index (χ1n) is 8.99. The Hall–Kier alpha value is -2.54. The minimum absolute atomic E-state index is 0.124. The van der Waals surface area contributed by atoms with Gasteiger partial charge in [0.15, 0.2) is 0 Å². The molecule has 1 aromatic heterocycles. The molecule has 0 radical (unpaired) electrons. The average Bonchev–Trinajstić information content (AvgIpc) is 3.05. The Morgan fingerprint density at radius 2 is 2.22 bits per heavy atom. The Morgan fingerprint density at radius 3 is 3.00 bits per heavy atom. The van der Waals surface area contributed by atoms with Gasteiger partial charge in [-0.3, -0.25) is 14.7 Å². The topological polar surface area (TPSA) is 87.3 Å². The molecule has 27 heavy (non-hydrogen) atoms. The number of nitrogens with one attached hydrogen (secondary N) is 2. The molecule has 142 valence electrons. The third-order valence-corrected chi connectivity index (χ3v) is 5.73. The van der Waals surface area contributed by atoms with Crippen LogP contribution in [0.4, 0.5) is 0 Å². The number of likely N-dealkylation sites (tertiary alicyclic amines) is 1. The summed E-state index contributed by atoms with van der Waals surface area (Å²) in [6, 6.07) is 7.47. The molecular weight excluding hydrogens is 368 g/mol. The molecule has 7 nitrogen and oxygen atoms in total. The summed E-state index contributed by atoms with van der Waals surface area (Å²) in [4.78, 5) is 26.5. The monoisotopic (exact) mass is 388 g/mol. The van der Waals surface area contributed by atoms with Gasteiger partial charge in [-0.15, -0.1) is 0 Å². The Balaban J connectivity index is 1.63. The van der Waals surface area contributed by atoms with Crippen molar-refractivity contribution in [3.05, 3.63) is 46.7 Å². The molecule has 1 spiro atoms. The second kappa shape index (κ2) is 6.88. The quantitative estimate of drug-likeness (QED) is 0.828. The Kier molecular flexibility index (Phi) is 4.55. The van der Waals surface area contributed by atoms with Crippen LogP contribution in [0.5, 0.6) is 5.75 Å². The van der Waals surface area contributed by atoms with Gasteiger partial charge in [0.1, 0.15) is 17.0 Å². The molecule has 4 rings (SSSR count). The van der Waals surface area contributed by atoms with E-state index >= 15 is 0 Å². The van der Waals surface area contributed by atoms with Gasteiger partial charge < -0.3 is 15.0 Å². The lowest BCUT2D eigenvalue weighted by Crippen LogP contribution is -2.46. The number of para-hydroxylation sites is 1. The van der Waals surface area contributed by atoms with Crippen molar-refractivity contribution in [2.45, 2.75) is 37.3 Å². The van der Waals surface area contributed by atoms with Gasteiger partial charge in [0.2, 0.25) is 5.91 Å². The highest BCUT2D eigenvalue weighted by atomic mass is 35.5. The van der Waals surface area contributed by atoms with E-state index in [1.54, 1.807) is 4.90 Å². The zero-order chi connectivity index (χ0) is 19.0. The predicted octanol–water partition coefficient (Wildman–Crippen LogP) is 2.70. The van der Waals surface area contributed by atoms with Crippen LogP contribution in [0.1, 0.15) is 47.8 Å². The van der Waals surface area contributed by atoms with Crippen molar-refractivity contribution in [3.8, 4) is 5.75 Å². The van der Waals surface area contributed by atoms with Gasteiger partial charge in [-0.2, -0.15) is 5.10 Å². The number of fused-ring (bicyclic) bond motifs is 1. The summed E-state index contributed by atoms with van der Waals surface area (Å²) >= 11 is 6.03. The first kappa shape index (κ1) is 17.9. The van der Waals surface area contributed by atoms with Crippen molar-refractivity contribution < 1.29 is 14.3 Å². The van der Waals surface area contributed by atoms with Crippen molar-refractivity contribution in [2.75, 3.05) is 13.6 Å². The van der Waals surface area contributed by atoms with E-state index in [9.17, 15) is 9.59 Å². The van der Waals surface area contributed by atoms with E-state index < -0.39 is 5.60 Å². The number of carbonyl (C=O) groups excluding carboxylic acids is 2. The summed E-state index contributed by atoms with van der Waals surface area (Å²) in [5.74, 6) is 0.567. The van der Waals surface area contributed by atoms with Gasteiger partial charge in [0.05, 0.1) is 17.3 Å². The van der Waals surface area contributed by atoms with E-state index in [4.69, 9.17) is 16.3 Å². The lowest BCUT2D eigenvalue weighted by molar-refractivity contribution is -0.129. The van der Waals surface area contributed by atoms with Crippen molar-refractivity contribution in [2.24, 2.45) is 0 Å². The highest BCUT2D eigenvalue weighted by Crippen LogP contribution is 2.44. The van der Waals surface area contributed by atoms with Crippen molar-refractivity contribution >= 4 is 23.4 Å². The Labute approximate surface area is 162 Å². The van der Waals surface area contributed by atoms with Gasteiger partial charge >= 0.3 is 0 Å². The fourth-order valence-electron chi connectivity index (χ4n) is 3.86. The molecule has 0 aliphatic carbocycles. The molecular formula is C19H21ClN4O3. The molecule has 8 heteroatoms. The normalized spacial score (nSPS) is 24.9. The number of aromatic amines is 1. The summed E-state index contributed by atoms with van der Waals surface area (Å²) in [7, 11) is 1.82. The SMILES string of the molecule is CN1CCC2(CCC1=O)CC(NC(=O)c1[nH]ncc1Cl)c1ccccc1O2. The fourth-order valence-corrected chi connectivity index (χ4v) is 4.04. The van der Waals surface area contributed by atoms with Crippen molar-refractivity contribution in [1.29, 1.82) is 0 Å². The van der Waals surface area contributed by atoms with Crippen molar-refractivity contribution in [1.82, 2.24) is 20.4 Å². The van der Waals surface area contributed by atoms with Gasteiger partial charge in [0, 0.05) is 38.4 Å². The van der Waals surface area contributed by atoms with Gasteiger partial charge in [-0.25, -0.2) is 0 Å². The maximum Gasteiger partial charge on any atom is 0.271 e. The minimum atomic E-state index is -0.482. The number of rotatable bonds is 2. The third-order valence-electron chi connectivity index (χ3n) is 5.45. The minimum Gasteiger partial charge on any atom is -0.487 e. The summed E-state index contributed by atoms with van der Waals surface area (Å²) in [6.45, 7) is 0.633. The number of halogens is 1. The van der Waals surface area contributed by atoms with Crippen LogP contribution in [0.3, 0.4) is 0 Å². The van der Waals surface area contributed by atoms with Gasteiger partial charge in [0.25, 0.3) is 5.91 Å². The van der Waals surface area contributed by atoms with Crippen LogP contribution in [-0.2, 0) is 4.79 Å². The van der Waals surface area contributed by atoms with E-state index in [0.29, 0.717) is 25.8 Å². The summed E-state index contributed by atoms with van der Waals surface area (Å²) in [5.41, 5.74) is 0.686. The predicted molar refractivity (Wildman–Crippen MR) is 99.7 cm³/mol. The van der Waals surface area contributed by atoms with Crippen LogP contribution in [0.25, 0.3) is 0 Å². The molecule has 3 heterocycles. The lowest BCUT2D eigenvalue weighted by atomic mass is 9.82. The number of carbonyl (C=O) groups is 2. The Morgan fingerprint density at radius 1 is 1.41 bits per heavy atom. The van der Waals surface area contributed by atoms with Crippen LogP contribution in [-0.4, -0.2) is 46.1 Å². The molecule has 1 fully saturated rings. The third kappa shape index (κ3) is 3.39. The van der Waals surface area contributed by atoms with E-state index in [1.807, 2.05) is 31.3 Å². The highest BCUT2D eigenvalue weighted by Gasteiger charge is 2.43. The summed E-state index contributed by atoms with van der Waals surface area (Å²) in [6.07, 6.45) is 3.79. The fraction of sp³-hybridized carbons (Fsp3) is 0.421. The number of amides is 2. The molecule has 0 saturated carbocycles. The number of hydrogen-bond donors (Lipinski definition) is 2. The lowest BCUT2D eigenvalue weighted by Gasteiger charge is -2.42. The largest absolute Gasteiger partial charge is 0.487 e. The first-order valence-corrected chi connectivity index (χ1v) is 9.37. The maximum absolute atomic E-state index is 12.7. The van der Waals surface area contributed by atoms with Gasteiger partial charge in [-0.1, -0.05) is 29.8 Å². The van der Waals surface area contributed by atoms with Crippen LogP contribution in [0.2, 0.25) is 5.02 Å². The number of H-pyrrole nitrogens is 1. The molecule has 2 amide bonds. The van der Waals surface area contributed by atoms with Crippen LogP contribution in [0.15, 0.2) is 30.5 Å². The number of hydrogen-bond acceptors (Lipinski definition) is 4. The van der Waals surface area contributed by atoms with Crippen LogP contribution >= 0.6 is 11.6 Å². The molecule has 2 atom stereocenters. The molecule has 2 aliphatic rings. The molecule has 0 bridgehead atoms. The second-order valence-electron chi connectivity index (χ2n) is 7.21. The molecule has 2 unspecified atom stereocenters. The zero-order valence-electron chi connectivity index (χ0n) is 15.0. The number of ether oxygens (including phenoxy) is 1. The molecule has 1 aromatic carbocycles.